The van der Waals surface area contributed by atoms with Crippen LogP contribution in [0.3, 0.4) is 0 Å². The predicted octanol–water partition coefficient (Wildman–Crippen LogP) is -1.81. The summed E-state index contributed by atoms with van der Waals surface area (Å²) in [6, 6.07) is 0. The first-order chi connectivity index (χ1) is 7.30. The topological polar surface area (TPSA) is 110 Å². The van der Waals surface area contributed by atoms with Gasteiger partial charge < -0.3 is 30.3 Å². The summed E-state index contributed by atoms with van der Waals surface area (Å²) in [5.41, 5.74) is 0. The van der Waals surface area contributed by atoms with E-state index in [1.807, 2.05) is 13.8 Å². The van der Waals surface area contributed by atoms with Gasteiger partial charge in [-0.25, -0.2) is 0 Å². The quantitative estimate of drug-likeness (QED) is 0.370. The van der Waals surface area contributed by atoms with Crippen LogP contribution >= 0.6 is 0 Å². The van der Waals surface area contributed by atoms with Gasteiger partial charge in [0.05, 0.1) is 12.7 Å². The van der Waals surface area contributed by atoms with Crippen molar-refractivity contribution in [3.8, 4) is 0 Å². The molecule has 1 aliphatic rings. The first-order valence-corrected chi connectivity index (χ1v) is 5.37. The van der Waals surface area contributed by atoms with Crippen LogP contribution in [0.2, 0.25) is 0 Å². The molecule has 6 heteroatoms. The first kappa shape index (κ1) is 13.8. The molecule has 0 radical (unpaired) electrons. The van der Waals surface area contributed by atoms with Gasteiger partial charge in [-0.05, 0) is 12.3 Å². The Kier molecular flexibility index (Phi) is 4.28. The van der Waals surface area contributed by atoms with Gasteiger partial charge >= 0.3 is 0 Å². The second-order valence-corrected chi connectivity index (χ2v) is 4.69. The van der Waals surface area contributed by atoms with E-state index in [1.165, 1.54) is 0 Å². The van der Waals surface area contributed by atoms with Crippen LogP contribution in [-0.2, 0) is 4.74 Å². The maximum atomic E-state index is 9.66. The van der Waals surface area contributed by atoms with Gasteiger partial charge in [0.25, 0.3) is 0 Å². The summed E-state index contributed by atoms with van der Waals surface area (Å²) in [5.74, 6) is -2.40. The summed E-state index contributed by atoms with van der Waals surface area (Å²) >= 11 is 0. The molecule has 0 aromatic carbocycles. The molecule has 0 spiro atoms. The number of hydrogen-bond donors (Lipinski definition) is 5. The Bertz CT molecular complexity index is 225. The van der Waals surface area contributed by atoms with Crippen molar-refractivity contribution in [2.75, 3.05) is 6.61 Å². The third-order valence-corrected chi connectivity index (χ3v) is 2.82. The molecule has 0 saturated carbocycles. The molecule has 0 bridgehead atoms. The van der Waals surface area contributed by atoms with E-state index < -0.39 is 36.8 Å². The van der Waals surface area contributed by atoms with Crippen molar-refractivity contribution in [1.29, 1.82) is 0 Å². The Morgan fingerprint density at radius 1 is 1.25 bits per heavy atom. The molecule has 0 amide bonds. The lowest BCUT2D eigenvalue weighted by Gasteiger charge is -2.45. The second-order valence-electron chi connectivity index (χ2n) is 4.69. The highest BCUT2D eigenvalue weighted by atomic mass is 16.6. The highest BCUT2D eigenvalue weighted by Gasteiger charge is 2.53. The van der Waals surface area contributed by atoms with E-state index in [4.69, 9.17) is 9.84 Å². The highest BCUT2D eigenvalue weighted by Crippen LogP contribution is 2.30. The van der Waals surface area contributed by atoms with E-state index in [-0.39, 0.29) is 5.92 Å². The van der Waals surface area contributed by atoms with Crippen LogP contribution in [0.5, 0.6) is 0 Å². The number of aliphatic hydroxyl groups excluding tert-OH is 3. The van der Waals surface area contributed by atoms with E-state index in [2.05, 4.69) is 0 Å². The van der Waals surface area contributed by atoms with E-state index in [0.717, 1.165) is 0 Å². The van der Waals surface area contributed by atoms with Crippen molar-refractivity contribution < 1.29 is 30.3 Å². The Morgan fingerprint density at radius 2 is 1.81 bits per heavy atom. The van der Waals surface area contributed by atoms with E-state index in [9.17, 15) is 20.4 Å². The van der Waals surface area contributed by atoms with Crippen LogP contribution < -0.4 is 0 Å². The fourth-order valence-corrected chi connectivity index (χ4v) is 1.87. The third-order valence-electron chi connectivity index (χ3n) is 2.82. The van der Waals surface area contributed by atoms with Crippen LogP contribution in [0.15, 0.2) is 0 Å². The summed E-state index contributed by atoms with van der Waals surface area (Å²) < 4.78 is 5.18. The molecular weight excluding hydrogens is 216 g/mol. The molecule has 1 heterocycles. The van der Waals surface area contributed by atoms with Crippen molar-refractivity contribution in [2.24, 2.45) is 5.92 Å². The second kappa shape index (κ2) is 4.95. The van der Waals surface area contributed by atoms with Gasteiger partial charge in [-0.1, -0.05) is 13.8 Å². The van der Waals surface area contributed by atoms with E-state index in [0.29, 0.717) is 6.42 Å². The summed E-state index contributed by atoms with van der Waals surface area (Å²) in [5, 5.41) is 47.1. The SMILES string of the molecule is CC(C)CC1OC(CO)C(O)(O)C(O)C1O. The average Bonchev–Trinajstić information content (AvgIpc) is 2.19. The van der Waals surface area contributed by atoms with Gasteiger partial charge in [0.2, 0.25) is 5.79 Å². The Labute approximate surface area is 94.1 Å². The average molecular weight is 236 g/mol. The lowest BCUT2D eigenvalue weighted by molar-refractivity contribution is -0.353. The van der Waals surface area contributed by atoms with Crippen molar-refractivity contribution in [3.63, 3.8) is 0 Å². The normalized spacial score (nSPS) is 39.0. The monoisotopic (exact) mass is 236 g/mol. The minimum absolute atomic E-state index is 0.219. The van der Waals surface area contributed by atoms with Gasteiger partial charge in [-0.2, -0.15) is 0 Å². The van der Waals surface area contributed by atoms with Crippen LogP contribution in [0.1, 0.15) is 20.3 Å². The van der Waals surface area contributed by atoms with Crippen LogP contribution in [0.25, 0.3) is 0 Å². The molecule has 1 fully saturated rings. The number of rotatable bonds is 3. The number of ether oxygens (including phenoxy) is 1. The van der Waals surface area contributed by atoms with Gasteiger partial charge in [-0.15, -0.1) is 0 Å². The Hall–Kier alpha value is -0.240. The molecule has 4 atom stereocenters. The standard InChI is InChI=1S/C10H20O6/c1-5(2)3-6-8(12)9(13)10(14,15)7(4-11)16-6/h5-9,11-15H,3-4H2,1-2H3. The molecule has 96 valence electrons. The molecule has 1 rings (SSSR count). The fourth-order valence-electron chi connectivity index (χ4n) is 1.87. The van der Waals surface area contributed by atoms with Crippen molar-refractivity contribution in [2.45, 2.75) is 50.5 Å². The largest absolute Gasteiger partial charge is 0.393 e. The molecule has 6 nitrogen and oxygen atoms in total. The fraction of sp³-hybridized carbons (Fsp3) is 1.00. The molecule has 0 aromatic rings. The van der Waals surface area contributed by atoms with Gasteiger partial charge in [0.15, 0.2) is 0 Å². The smallest absolute Gasteiger partial charge is 0.221 e. The lowest BCUT2D eigenvalue weighted by atomic mass is 9.88. The van der Waals surface area contributed by atoms with Crippen molar-refractivity contribution >= 4 is 0 Å². The first-order valence-electron chi connectivity index (χ1n) is 5.37. The molecule has 1 aliphatic heterocycles. The van der Waals surface area contributed by atoms with Crippen molar-refractivity contribution in [3.05, 3.63) is 0 Å². The summed E-state index contributed by atoms with van der Waals surface area (Å²) in [4.78, 5) is 0. The Morgan fingerprint density at radius 3 is 2.25 bits per heavy atom. The molecule has 0 aromatic heterocycles. The van der Waals surface area contributed by atoms with Crippen molar-refractivity contribution in [1.82, 2.24) is 0 Å². The molecule has 4 unspecified atom stereocenters. The van der Waals surface area contributed by atoms with Gasteiger partial charge in [0.1, 0.15) is 18.3 Å². The zero-order chi connectivity index (χ0) is 12.5. The molecule has 5 N–H and O–H groups in total. The number of hydrogen-bond acceptors (Lipinski definition) is 6. The molecule has 0 aliphatic carbocycles. The maximum Gasteiger partial charge on any atom is 0.221 e. The molecular formula is C10H20O6. The van der Waals surface area contributed by atoms with Gasteiger partial charge in [-0.3, -0.25) is 0 Å². The van der Waals surface area contributed by atoms with Crippen LogP contribution in [0.4, 0.5) is 0 Å². The zero-order valence-corrected chi connectivity index (χ0v) is 9.45. The number of aliphatic hydroxyl groups is 5. The minimum Gasteiger partial charge on any atom is -0.393 e. The summed E-state index contributed by atoms with van der Waals surface area (Å²) in [6.07, 6.45) is -4.68. The van der Waals surface area contributed by atoms with Gasteiger partial charge in [0, 0.05) is 0 Å². The van der Waals surface area contributed by atoms with E-state index >= 15 is 0 Å². The lowest BCUT2D eigenvalue weighted by Crippen LogP contribution is -2.67. The maximum absolute atomic E-state index is 9.66. The van der Waals surface area contributed by atoms with Crippen LogP contribution in [-0.4, -0.2) is 62.3 Å². The predicted molar refractivity (Wildman–Crippen MR) is 54.4 cm³/mol. The van der Waals surface area contributed by atoms with E-state index in [1.54, 1.807) is 0 Å². The summed E-state index contributed by atoms with van der Waals surface area (Å²) in [7, 11) is 0. The Balaban J connectivity index is 2.79. The minimum atomic E-state index is -2.62. The zero-order valence-electron chi connectivity index (χ0n) is 9.45. The highest BCUT2D eigenvalue weighted by molar-refractivity contribution is 4.96. The van der Waals surface area contributed by atoms with Crippen LogP contribution in [0, 0.1) is 5.92 Å². The third kappa shape index (κ3) is 2.53. The molecule has 16 heavy (non-hydrogen) atoms. The molecule has 1 saturated heterocycles. The summed E-state index contributed by atoms with van der Waals surface area (Å²) in [6.45, 7) is 3.19.